The summed E-state index contributed by atoms with van der Waals surface area (Å²) in [4.78, 5) is 11.9. The Hall–Kier alpha value is -1.16. The third-order valence-corrected chi connectivity index (χ3v) is 3.82. The Labute approximate surface area is 92.9 Å². The van der Waals surface area contributed by atoms with Crippen LogP contribution in [0.3, 0.4) is 0 Å². The second kappa shape index (κ2) is 3.45. The standard InChI is InChI=1S/C11H13NO2S/c1-11(2)6-15-9-4-3-7(10(13)14)5-8(9)12-11/h3-5,12H,6H2,1-2H3,(H,13,14). The average Bonchev–Trinajstić information content (AvgIpc) is 2.15. The van der Waals surface area contributed by atoms with Gasteiger partial charge in [-0.15, -0.1) is 11.8 Å². The lowest BCUT2D eigenvalue weighted by molar-refractivity contribution is 0.0697. The average molecular weight is 223 g/mol. The number of hydrogen-bond acceptors (Lipinski definition) is 3. The molecule has 0 atom stereocenters. The summed E-state index contributed by atoms with van der Waals surface area (Å²) in [5, 5.41) is 12.2. The molecule has 80 valence electrons. The molecule has 0 saturated heterocycles. The predicted octanol–water partition coefficient (Wildman–Crippen LogP) is 2.68. The van der Waals surface area contributed by atoms with Crippen molar-refractivity contribution >= 4 is 23.4 Å². The fourth-order valence-corrected chi connectivity index (χ4v) is 2.56. The topological polar surface area (TPSA) is 49.3 Å². The second-order valence-electron chi connectivity index (χ2n) is 4.31. The Kier molecular flexibility index (Phi) is 2.38. The zero-order valence-corrected chi connectivity index (χ0v) is 9.52. The maximum absolute atomic E-state index is 10.8. The van der Waals surface area contributed by atoms with Crippen molar-refractivity contribution in [2.24, 2.45) is 0 Å². The van der Waals surface area contributed by atoms with Crippen molar-refractivity contribution in [1.82, 2.24) is 0 Å². The number of carboxylic acids is 1. The maximum Gasteiger partial charge on any atom is 0.335 e. The normalized spacial score (nSPS) is 17.7. The van der Waals surface area contributed by atoms with Gasteiger partial charge in [-0.1, -0.05) is 0 Å². The lowest BCUT2D eigenvalue weighted by atomic mass is 10.1. The minimum atomic E-state index is -0.882. The molecule has 0 radical (unpaired) electrons. The van der Waals surface area contributed by atoms with Gasteiger partial charge in [-0.25, -0.2) is 4.79 Å². The van der Waals surface area contributed by atoms with Gasteiger partial charge in [0.25, 0.3) is 0 Å². The first kappa shape index (κ1) is 10.4. The molecule has 2 N–H and O–H groups in total. The molecule has 2 rings (SSSR count). The van der Waals surface area contributed by atoms with Crippen LogP contribution in [0.25, 0.3) is 0 Å². The van der Waals surface area contributed by atoms with Crippen LogP contribution in [0.15, 0.2) is 23.1 Å². The van der Waals surface area contributed by atoms with Gasteiger partial charge in [0, 0.05) is 21.9 Å². The van der Waals surface area contributed by atoms with E-state index in [1.165, 1.54) is 0 Å². The van der Waals surface area contributed by atoms with E-state index >= 15 is 0 Å². The van der Waals surface area contributed by atoms with Gasteiger partial charge in [-0.05, 0) is 32.0 Å². The SMILES string of the molecule is CC1(C)CSc2ccc(C(=O)O)cc2N1. The first-order chi connectivity index (χ1) is 6.98. The molecule has 0 aromatic heterocycles. The zero-order chi connectivity index (χ0) is 11.1. The summed E-state index contributed by atoms with van der Waals surface area (Å²) in [7, 11) is 0. The first-order valence-electron chi connectivity index (χ1n) is 4.76. The highest BCUT2D eigenvalue weighted by Crippen LogP contribution is 2.37. The summed E-state index contributed by atoms with van der Waals surface area (Å²) >= 11 is 1.76. The molecule has 0 bridgehead atoms. The van der Waals surface area contributed by atoms with Crippen LogP contribution in [-0.4, -0.2) is 22.4 Å². The number of fused-ring (bicyclic) bond motifs is 1. The fourth-order valence-electron chi connectivity index (χ4n) is 1.55. The molecule has 0 aliphatic carbocycles. The van der Waals surface area contributed by atoms with Crippen molar-refractivity contribution < 1.29 is 9.90 Å². The molecular formula is C11H13NO2S. The van der Waals surface area contributed by atoms with Crippen LogP contribution in [0, 0.1) is 0 Å². The summed E-state index contributed by atoms with van der Waals surface area (Å²) in [5.41, 5.74) is 1.28. The van der Waals surface area contributed by atoms with Crippen molar-refractivity contribution in [3.63, 3.8) is 0 Å². The molecule has 0 amide bonds. The van der Waals surface area contributed by atoms with Crippen molar-refractivity contribution in [2.45, 2.75) is 24.3 Å². The third-order valence-electron chi connectivity index (χ3n) is 2.29. The van der Waals surface area contributed by atoms with Crippen molar-refractivity contribution in [2.75, 3.05) is 11.1 Å². The lowest BCUT2D eigenvalue weighted by Crippen LogP contribution is -2.36. The number of benzene rings is 1. The number of rotatable bonds is 1. The second-order valence-corrected chi connectivity index (χ2v) is 5.33. The Bertz CT molecular complexity index is 415. The number of aromatic carboxylic acids is 1. The van der Waals surface area contributed by atoms with Gasteiger partial charge in [0.1, 0.15) is 0 Å². The lowest BCUT2D eigenvalue weighted by Gasteiger charge is -2.33. The Morgan fingerprint density at radius 2 is 2.27 bits per heavy atom. The zero-order valence-electron chi connectivity index (χ0n) is 8.70. The van der Waals surface area contributed by atoms with Crippen LogP contribution in [0.2, 0.25) is 0 Å². The fraction of sp³-hybridized carbons (Fsp3) is 0.364. The van der Waals surface area contributed by atoms with Crippen LogP contribution in [0.5, 0.6) is 0 Å². The molecule has 0 spiro atoms. The molecule has 1 aliphatic heterocycles. The quantitative estimate of drug-likeness (QED) is 0.768. The van der Waals surface area contributed by atoms with E-state index in [0.29, 0.717) is 5.56 Å². The van der Waals surface area contributed by atoms with E-state index in [1.54, 1.807) is 23.9 Å². The van der Waals surface area contributed by atoms with E-state index in [0.717, 1.165) is 16.3 Å². The van der Waals surface area contributed by atoms with Crippen molar-refractivity contribution in [1.29, 1.82) is 0 Å². The molecule has 1 aliphatic rings. The summed E-state index contributed by atoms with van der Waals surface area (Å²) in [6, 6.07) is 5.21. The highest BCUT2D eigenvalue weighted by atomic mass is 32.2. The van der Waals surface area contributed by atoms with E-state index < -0.39 is 5.97 Å². The Morgan fingerprint density at radius 1 is 1.53 bits per heavy atom. The van der Waals surface area contributed by atoms with Gasteiger partial charge in [0.2, 0.25) is 0 Å². The minimum Gasteiger partial charge on any atom is -0.478 e. The minimum absolute atomic E-state index is 0.0226. The third kappa shape index (κ3) is 2.09. The van der Waals surface area contributed by atoms with E-state index in [9.17, 15) is 4.79 Å². The molecule has 1 aromatic carbocycles. The molecule has 0 saturated carbocycles. The number of hydrogen-bond donors (Lipinski definition) is 2. The van der Waals surface area contributed by atoms with Crippen LogP contribution in [-0.2, 0) is 0 Å². The molecule has 4 heteroatoms. The Morgan fingerprint density at radius 3 is 2.93 bits per heavy atom. The van der Waals surface area contributed by atoms with Crippen LogP contribution in [0.1, 0.15) is 24.2 Å². The monoisotopic (exact) mass is 223 g/mol. The van der Waals surface area contributed by atoms with E-state index in [2.05, 4.69) is 19.2 Å². The summed E-state index contributed by atoms with van der Waals surface area (Å²) in [6.07, 6.45) is 0. The van der Waals surface area contributed by atoms with Crippen LogP contribution >= 0.6 is 11.8 Å². The van der Waals surface area contributed by atoms with Crippen LogP contribution in [0.4, 0.5) is 5.69 Å². The van der Waals surface area contributed by atoms with Gasteiger partial charge >= 0.3 is 5.97 Å². The predicted molar refractivity (Wildman–Crippen MR) is 61.8 cm³/mol. The highest BCUT2D eigenvalue weighted by Gasteiger charge is 2.25. The van der Waals surface area contributed by atoms with Crippen molar-refractivity contribution in [3.8, 4) is 0 Å². The van der Waals surface area contributed by atoms with E-state index in [-0.39, 0.29) is 5.54 Å². The van der Waals surface area contributed by atoms with E-state index in [4.69, 9.17) is 5.11 Å². The van der Waals surface area contributed by atoms with Gasteiger partial charge in [0.15, 0.2) is 0 Å². The largest absolute Gasteiger partial charge is 0.478 e. The smallest absolute Gasteiger partial charge is 0.335 e. The highest BCUT2D eigenvalue weighted by molar-refractivity contribution is 7.99. The number of thioether (sulfide) groups is 1. The molecular weight excluding hydrogens is 210 g/mol. The van der Waals surface area contributed by atoms with Gasteiger partial charge in [0.05, 0.1) is 5.56 Å². The summed E-state index contributed by atoms with van der Waals surface area (Å²) in [5.74, 6) is 0.111. The number of anilines is 1. The summed E-state index contributed by atoms with van der Waals surface area (Å²) in [6.45, 7) is 4.22. The summed E-state index contributed by atoms with van der Waals surface area (Å²) < 4.78 is 0. The van der Waals surface area contributed by atoms with Gasteiger partial charge in [-0.2, -0.15) is 0 Å². The number of carbonyl (C=O) groups is 1. The van der Waals surface area contributed by atoms with Gasteiger partial charge < -0.3 is 10.4 Å². The number of carboxylic acid groups (broad SMARTS) is 1. The molecule has 3 nitrogen and oxygen atoms in total. The van der Waals surface area contributed by atoms with Crippen LogP contribution < -0.4 is 5.32 Å². The Balaban J connectivity index is 2.39. The van der Waals surface area contributed by atoms with Crippen molar-refractivity contribution in [3.05, 3.63) is 23.8 Å². The first-order valence-corrected chi connectivity index (χ1v) is 5.75. The molecule has 0 unspecified atom stereocenters. The molecule has 1 heterocycles. The number of nitrogens with one attached hydrogen (secondary N) is 1. The van der Waals surface area contributed by atoms with E-state index in [1.807, 2.05) is 6.07 Å². The maximum atomic E-state index is 10.8. The molecule has 1 aromatic rings. The molecule has 15 heavy (non-hydrogen) atoms. The van der Waals surface area contributed by atoms with Gasteiger partial charge in [-0.3, -0.25) is 0 Å². The molecule has 0 fully saturated rings.